The summed E-state index contributed by atoms with van der Waals surface area (Å²) in [5.74, 6) is 0.0186. The molecule has 0 saturated carbocycles. The molecule has 7 heteroatoms. The van der Waals surface area contributed by atoms with Gasteiger partial charge in [0.25, 0.3) is 0 Å². The van der Waals surface area contributed by atoms with E-state index in [1.54, 1.807) is 7.05 Å². The Bertz CT molecular complexity index is 601. The number of hydrogen-bond donors (Lipinski definition) is 1. The maximum atomic E-state index is 12.4. The van der Waals surface area contributed by atoms with Gasteiger partial charge in [-0.05, 0) is 17.7 Å². The van der Waals surface area contributed by atoms with Crippen LogP contribution in [0.1, 0.15) is 5.56 Å². The fraction of sp³-hybridized carbons (Fsp3) is 0.500. The lowest BCUT2D eigenvalue weighted by Gasteiger charge is -2.35. The smallest absolute Gasteiger partial charge is 0.317 e. The number of urea groups is 1. The minimum atomic E-state index is -0.410. The second-order valence-electron chi connectivity index (χ2n) is 6.11. The Kier molecular flexibility index (Phi) is 4.73. The number of carbonyl (C=O) groups excluding carboxylic acids is 2. The second-order valence-corrected chi connectivity index (χ2v) is 6.55. The minimum Gasteiger partial charge on any atom is -0.338 e. The van der Waals surface area contributed by atoms with E-state index in [4.69, 9.17) is 11.6 Å². The van der Waals surface area contributed by atoms with E-state index in [-0.39, 0.29) is 11.9 Å². The molecular weight excluding hydrogens is 316 g/mol. The van der Waals surface area contributed by atoms with Crippen LogP contribution < -0.4 is 5.32 Å². The SMILES string of the molecule is CN1C[C@H](C(=O)N2CCN(Cc3cccc(Cl)c3)CC2)NC1=O. The molecule has 124 valence electrons. The molecule has 3 amide bonds. The highest BCUT2D eigenvalue weighted by molar-refractivity contribution is 6.30. The van der Waals surface area contributed by atoms with Crippen LogP contribution in [0.5, 0.6) is 0 Å². The molecule has 1 aromatic rings. The number of likely N-dealkylation sites (N-methyl/N-ethyl adjacent to an activating group) is 1. The van der Waals surface area contributed by atoms with Gasteiger partial charge < -0.3 is 15.1 Å². The predicted molar refractivity (Wildman–Crippen MR) is 88.3 cm³/mol. The van der Waals surface area contributed by atoms with Crippen LogP contribution in [0.25, 0.3) is 0 Å². The first kappa shape index (κ1) is 16.1. The van der Waals surface area contributed by atoms with Crippen molar-refractivity contribution in [1.82, 2.24) is 20.0 Å². The summed E-state index contributed by atoms with van der Waals surface area (Å²) in [6.07, 6.45) is 0. The summed E-state index contributed by atoms with van der Waals surface area (Å²) in [5.41, 5.74) is 1.18. The number of rotatable bonds is 3. The van der Waals surface area contributed by atoms with Crippen molar-refractivity contribution in [1.29, 1.82) is 0 Å². The third-order valence-electron chi connectivity index (χ3n) is 4.38. The highest BCUT2D eigenvalue weighted by atomic mass is 35.5. The van der Waals surface area contributed by atoms with Crippen molar-refractivity contribution in [3.63, 3.8) is 0 Å². The summed E-state index contributed by atoms with van der Waals surface area (Å²) in [7, 11) is 1.70. The zero-order chi connectivity index (χ0) is 16.4. The summed E-state index contributed by atoms with van der Waals surface area (Å²) < 4.78 is 0. The van der Waals surface area contributed by atoms with Crippen molar-refractivity contribution in [3.05, 3.63) is 34.9 Å². The van der Waals surface area contributed by atoms with Crippen molar-refractivity contribution in [2.24, 2.45) is 0 Å². The first-order chi connectivity index (χ1) is 11.0. The third-order valence-corrected chi connectivity index (χ3v) is 4.61. The zero-order valence-electron chi connectivity index (χ0n) is 13.2. The highest BCUT2D eigenvalue weighted by Crippen LogP contribution is 2.15. The first-order valence-corrected chi connectivity index (χ1v) is 8.18. The van der Waals surface area contributed by atoms with Gasteiger partial charge in [0.15, 0.2) is 0 Å². The van der Waals surface area contributed by atoms with Gasteiger partial charge in [0, 0.05) is 44.8 Å². The Hall–Kier alpha value is -1.79. The fourth-order valence-electron chi connectivity index (χ4n) is 3.04. The van der Waals surface area contributed by atoms with Gasteiger partial charge in [0.1, 0.15) is 6.04 Å². The molecule has 0 aliphatic carbocycles. The Balaban J connectivity index is 1.50. The van der Waals surface area contributed by atoms with Crippen LogP contribution in [-0.4, -0.2) is 72.5 Å². The van der Waals surface area contributed by atoms with Gasteiger partial charge in [-0.3, -0.25) is 9.69 Å². The van der Waals surface area contributed by atoms with E-state index in [2.05, 4.69) is 16.3 Å². The molecule has 2 aliphatic heterocycles. The number of hydrogen-bond acceptors (Lipinski definition) is 3. The van der Waals surface area contributed by atoms with Crippen LogP contribution in [-0.2, 0) is 11.3 Å². The van der Waals surface area contributed by atoms with E-state index >= 15 is 0 Å². The Morgan fingerprint density at radius 1 is 1.30 bits per heavy atom. The molecule has 1 atom stereocenters. The number of piperazine rings is 1. The molecule has 1 N–H and O–H groups in total. The topological polar surface area (TPSA) is 55.9 Å². The van der Waals surface area contributed by atoms with Crippen molar-refractivity contribution in [3.8, 4) is 0 Å². The second kappa shape index (κ2) is 6.76. The van der Waals surface area contributed by atoms with Crippen LogP contribution >= 0.6 is 11.6 Å². The van der Waals surface area contributed by atoms with Crippen LogP contribution in [0, 0.1) is 0 Å². The molecule has 0 spiro atoms. The molecule has 2 fully saturated rings. The molecule has 2 heterocycles. The summed E-state index contributed by atoms with van der Waals surface area (Å²) in [4.78, 5) is 29.6. The highest BCUT2D eigenvalue weighted by Gasteiger charge is 2.34. The molecule has 0 bridgehead atoms. The first-order valence-electron chi connectivity index (χ1n) is 7.80. The summed E-state index contributed by atoms with van der Waals surface area (Å²) in [6.45, 7) is 4.32. The lowest BCUT2D eigenvalue weighted by Crippen LogP contribution is -2.53. The fourth-order valence-corrected chi connectivity index (χ4v) is 3.25. The normalized spacial score (nSPS) is 22.3. The molecule has 1 aromatic carbocycles. The molecule has 0 unspecified atom stereocenters. The molecule has 23 heavy (non-hydrogen) atoms. The number of nitrogens with zero attached hydrogens (tertiary/aromatic N) is 3. The predicted octanol–water partition coefficient (Wildman–Crippen LogP) is 1.01. The number of nitrogens with one attached hydrogen (secondary N) is 1. The molecule has 3 rings (SSSR count). The molecule has 6 nitrogen and oxygen atoms in total. The van der Waals surface area contributed by atoms with E-state index in [1.807, 2.05) is 23.1 Å². The van der Waals surface area contributed by atoms with Gasteiger partial charge in [0.05, 0.1) is 6.54 Å². The minimum absolute atomic E-state index is 0.0186. The molecular formula is C16H21ClN4O2. The van der Waals surface area contributed by atoms with Gasteiger partial charge in [0.2, 0.25) is 5.91 Å². The van der Waals surface area contributed by atoms with Crippen molar-refractivity contribution in [2.75, 3.05) is 39.8 Å². The molecule has 0 aromatic heterocycles. The van der Waals surface area contributed by atoms with Gasteiger partial charge in [-0.2, -0.15) is 0 Å². The zero-order valence-corrected chi connectivity index (χ0v) is 13.9. The third kappa shape index (κ3) is 3.76. The maximum absolute atomic E-state index is 12.4. The van der Waals surface area contributed by atoms with Crippen molar-refractivity contribution in [2.45, 2.75) is 12.6 Å². The average molecular weight is 337 g/mol. The summed E-state index contributed by atoms with van der Waals surface area (Å²) in [6, 6.07) is 7.27. The summed E-state index contributed by atoms with van der Waals surface area (Å²) >= 11 is 6.01. The maximum Gasteiger partial charge on any atom is 0.317 e. The Labute approximate surface area is 141 Å². The van der Waals surface area contributed by atoms with Crippen molar-refractivity contribution < 1.29 is 9.59 Å². The molecule has 2 aliphatic rings. The monoisotopic (exact) mass is 336 g/mol. The van der Waals surface area contributed by atoms with E-state index in [0.717, 1.165) is 24.7 Å². The number of benzene rings is 1. The van der Waals surface area contributed by atoms with E-state index < -0.39 is 6.04 Å². The Morgan fingerprint density at radius 3 is 2.65 bits per heavy atom. The number of amides is 3. The van der Waals surface area contributed by atoms with Gasteiger partial charge in [-0.25, -0.2) is 4.79 Å². The van der Waals surface area contributed by atoms with Crippen molar-refractivity contribution >= 4 is 23.5 Å². The molecule has 2 saturated heterocycles. The molecule has 0 radical (unpaired) electrons. The van der Waals surface area contributed by atoms with E-state index in [1.165, 1.54) is 10.5 Å². The largest absolute Gasteiger partial charge is 0.338 e. The van der Waals surface area contributed by atoms with Gasteiger partial charge >= 0.3 is 6.03 Å². The standard InChI is InChI=1S/C16H21ClN4O2/c1-19-11-14(18-16(19)23)15(22)21-7-5-20(6-8-21)10-12-3-2-4-13(17)9-12/h2-4,9,14H,5-8,10-11H2,1H3,(H,18,23)/t14-/m1/s1. The lowest BCUT2D eigenvalue weighted by molar-refractivity contribution is -0.134. The van der Waals surface area contributed by atoms with Gasteiger partial charge in [-0.1, -0.05) is 23.7 Å². The van der Waals surface area contributed by atoms with E-state index in [0.29, 0.717) is 19.6 Å². The summed E-state index contributed by atoms with van der Waals surface area (Å²) in [5, 5.41) is 3.47. The lowest BCUT2D eigenvalue weighted by atomic mass is 10.2. The van der Waals surface area contributed by atoms with Crippen LogP contribution in [0.2, 0.25) is 5.02 Å². The number of halogens is 1. The van der Waals surface area contributed by atoms with Crippen LogP contribution in [0.3, 0.4) is 0 Å². The van der Waals surface area contributed by atoms with Gasteiger partial charge in [-0.15, -0.1) is 0 Å². The Morgan fingerprint density at radius 2 is 2.04 bits per heavy atom. The van der Waals surface area contributed by atoms with E-state index in [9.17, 15) is 9.59 Å². The van der Waals surface area contributed by atoms with Crippen LogP contribution in [0.4, 0.5) is 4.79 Å². The number of carbonyl (C=O) groups is 2. The quantitative estimate of drug-likeness (QED) is 0.896. The average Bonchev–Trinajstić information content (AvgIpc) is 2.87. The van der Waals surface area contributed by atoms with Crippen LogP contribution in [0.15, 0.2) is 24.3 Å².